The van der Waals surface area contributed by atoms with Gasteiger partial charge in [0.25, 0.3) is 0 Å². The highest BCUT2D eigenvalue weighted by atomic mass is 35.5. The Balaban J connectivity index is 1.46. The highest BCUT2D eigenvalue weighted by Crippen LogP contribution is 2.32. The van der Waals surface area contributed by atoms with Crippen LogP contribution in [0, 0.1) is 17.5 Å². The lowest BCUT2D eigenvalue weighted by molar-refractivity contribution is -0.120. The van der Waals surface area contributed by atoms with Crippen LogP contribution < -0.4 is 10.6 Å². The van der Waals surface area contributed by atoms with Crippen molar-refractivity contribution in [3.63, 3.8) is 0 Å². The molecule has 1 aliphatic rings. The van der Waals surface area contributed by atoms with Gasteiger partial charge in [0, 0.05) is 55.3 Å². The quantitative estimate of drug-likeness (QED) is 0.202. The zero-order valence-corrected chi connectivity index (χ0v) is 28.0. The van der Waals surface area contributed by atoms with E-state index in [-0.39, 0.29) is 41.0 Å². The monoisotopic (exact) mass is 714 g/mol. The van der Waals surface area contributed by atoms with E-state index in [1.807, 2.05) is 0 Å². The molecule has 3 aromatic carbocycles. The molecule has 1 aliphatic heterocycles. The molecule has 0 bridgehead atoms. The lowest BCUT2D eigenvalue weighted by Crippen LogP contribution is -2.53. The Kier molecular flexibility index (Phi) is 11.7. The van der Waals surface area contributed by atoms with Gasteiger partial charge in [0.1, 0.15) is 23.5 Å². The van der Waals surface area contributed by atoms with Gasteiger partial charge in [0.2, 0.25) is 10.0 Å². The van der Waals surface area contributed by atoms with Gasteiger partial charge >= 0.3 is 6.09 Å². The second-order valence-electron chi connectivity index (χ2n) is 11.6. The van der Waals surface area contributed by atoms with Crippen LogP contribution in [0.2, 0.25) is 5.02 Å². The van der Waals surface area contributed by atoms with E-state index in [9.17, 15) is 26.8 Å². The van der Waals surface area contributed by atoms with E-state index < -0.39 is 63.8 Å². The predicted octanol–water partition coefficient (Wildman–Crippen LogP) is 5.42. The number of piperazine rings is 1. The molecule has 1 fully saturated rings. The number of methoxy groups -OCH3 is 1. The second-order valence-corrected chi connectivity index (χ2v) is 13.9. The van der Waals surface area contributed by atoms with E-state index in [2.05, 4.69) is 15.6 Å². The third-order valence-electron chi connectivity index (χ3n) is 8.44. The molecule has 14 heteroatoms. The van der Waals surface area contributed by atoms with Crippen molar-refractivity contribution in [1.29, 1.82) is 0 Å². The molecule has 2 N–H and O–H groups in total. The molecular weight excluding hydrogens is 681 g/mol. The number of carbonyl (C=O) groups is 2. The van der Waals surface area contributed by atoms with Crippen molar-refractivity contribution in [2.24, 2.45) is 0 Å². The van der Waals surface area contributed by atoms with Gasteiger partial charge in [-0.2, -0.15) is 4.31 Å². The number of benzene rings is 3. The molecule has 0 saturated carbocycles. The minimum Gasteiger partial charge on any atom is -0.453 e. The number of ether oxygens (including phenoxy) is 1. The number of carbonyl (C=O) groups excluding carboxylic acids is 2. The molecule has 49 heavy (non-hydrogen) atoms. The van der Waals surface area contributed by atoms with Gasteiger partial charge in [-0.05, 0) is 71.5 Å². The fourth-order valence-electron chi connectivity index (χ4n) is 6.11. The Bertz CT molecular complexity index is 1880. The van der Waals surface area contributed by atoms with Gasteiger partial charge in [-0.25, -0.2) is 26.4 Å². The fraction of sp³-hybridized carbons (Fsp3) is 0.286. The summed E-state index contributed by atoms with van der Waals surface area (Å²) >= 11 is 6.09. The average molecular weight is 715 g/mol. The number of ketones is 1. The number of amides is 1. The van der Waals surface area contributed by atoms with Crippen LogP contribution in [0.15, 0.2) is 90.1 Å². The Morgan fingerprint density at radius 2 is 1.71 bits per heavy atom. The summed E-state index contributed by atoms with van der Waals surface area (Å²) in [4.78, 5) is 30.8. The van der Waals surface area contributed by atoms with E-state index in [1.165, 1.54) is 34.8 Å². The largest absolute Gasteiger partial charge is 0.453 e. The lowest BCUT2D eigenvalue weighted by atomic mass is 9.81. The molecule has 1 aromatic heterocycles. The van der Waals surface area contributed by atoms with Crippen LogP contribution in [-0.4, -0.2) is 68.4 Å². The van der Waals surface area contributed by atoms with E-state index in [0.717, 1.165) is 25.4 Å². The number of hydrogen-bond donors (Lipinski definition) is 2. The number of aromatic nitrogens is 1. The van der Waals surface area contributed by atoms with Gasteiger partial charge < -0.3 is 15.4 Å². The van der Waals surface area contributed by atoms with E-state index in [4.69, 9.17) is 16.3 Å². The fourth-order valence-corrected chi connectivity index (χ4v) is 7.92. The molecule has 0 radical (unpaired) electrons. The molecule has 258 valence electrons. The molecule has 1 amide bonds. The summed E-state index contributed by atoms with van der Waals surface area (Å²) in [5, 5.41) is 6.08. The maximum atomic E-state index is 15.4. The van der Waals surface area contributed by atoms with Crippen molar-refractivity contribution >= 4 is 33.5 Å². The van der Waals surface area contributed by atoms with Gasteiger partial charge in [0.05, 0.1) is 18.2 Å². The average Bonchev–Trinajstić information content (AvgIpc) is 3.08. The first-order valence-corrected chi connectivity index (χ1v) is 17.3. The summed E-state index contributed by atoms with van der Waals surface area (Å²) in [5.74, 6) is -4.21. The molecule has 4 aromatic rings. The first-order valence-electron chi connectivity index (χ1n) is 15.5. The van der Waals surface area contributed by atoms with E-state index >= 15 is 4.39 Å². The van der Waals surface area contributed by atoms with Crippen molar-refractivity contribution in [1.82, 2.24) is 19.9 Å². The number of sulfonamides is 1. The molecular formula is C35H34ClF3N4O5S. The van der Waals surface area contributed by atoms with Crippen molar-refractivity contribution in [2.45, 2.75) is 42.2 Å². The van der Waals surface area contributed by atoms with Gasteiger partial charge in [0.15, 0.2) is 5.78 Å². The predicted molar refractivity (Wildman–Crippen MR) is 177 cm³/mol. The Morgan fingerprint density at radius 3 is 2.39 bits per heavy atom. The van der Waals surface area contributed by atoms with Crippen LogP contribution in [0.25, 0.3) is 0 Å². The first kappa shape index (κ1) is 36.0. The SMILES string of the molecule is COC(=O)N[C@H](C(=O)Cc1cncc(F)c1CC[C@H]1CNCCN1S(=O)(=O)c1ccccc1)[C@@H](c1ccc(Cl)cc1)c1cc(F)cc(F)c1. The van der Waals surface area contributed by atoms with Crippen molar-refractivity contribution < 1.29 is 35.9 Å². The molecule has 1 saturated heterocycles. The smallest absolute Gasteiger partial charge is 0.407 e. The summed E-state index contributed by atoms with van der Waals surface area (Å²) in [7, 11) is -2.73. The number of hydrogen-bond acceptors (Lipinski definition) is 7. The van der Waals surface area contributed by atoms with Crippen molar-refractivity contribution in [3.05, 3.63) is 130 Å². The molecule has 0 aliphatic carbocycles. The minimum atomic E-state index is -3.83. The van der Waals surface area contributed by atoms with Crippen LogP contribution in [0.4, 0.5) is 18.0 Å². The molecule has 9 nitrogen and oxygen atoms in total. The number of Topliss-reactive ketones (excluding diaryl/α,β-unsaturated/α-hetero) is 1. The number of pyridine rings is 1. The normalized spacial score (nSPS) is 16.5. The van der Waals surface area contributed by atoms with Crippen molar-refractivity contribution in [3.8, 4) is 0 Å². The first-order chi connectivity index (χ1) is 23.5. The number of halogens is 4. The van der Waals surface area contributed by atoms with Gasteiger partial charge in [-0.1, -0.05) is 41.9 Å². The molecule has 3 atom stereocenters. The standard InChI is InChI=1S/C35H34ClF3N4O5S/c1-48-35(45)42-34(33(22-7-9-25(36)10-8-22)23-15-26(37)18-27(38)16-23)32(44)17-24-19-41-21-31(39)30(24)12-11-28-20-40-13-14-43(28)49(46,47)29-5-3-2-4-6-29/h2-10,15-16,18-19,21,28,33-34,40H,11-14,17,20H2,1H3,(H,42,45)/t28-,33-,34+/m0/s1. The number of rotatable bonds is 12. The van der Waals surface area contributed by atoms with Crippen molar-refractivity contribution in [2.75, 3.05) is 26.7 Å². The Morgan fingerprint density at radius 1 is 1.02 bits per heavy atom. The van der Waals surface area contributed by atoms with Crippen LogP contribution >= 0.6 is 11.6 Å². The molecule has 0 spiro atoms. The zero-order chi connectivity index (χ0) is 35.1. The van der Waals surface area contributed by atoms with Gasteiger partial charge in [-0.15, -0.1) is 0 Å². The third-order valence-corrected chi connectivity index (χ3v) is 10.7. The van der Waals surface area contributed by atoms with Gasteiger partial charge in [-0.3, -0.25) is 9.78 Å². The summed E-state index contributed by atoms with van der Waals surface area (Å²) in [6, 6.07) is 15.1. The Hall–Kier alpha value is -4.30. The topological polar surface area (TPSA) is 118 Å². The van der Waals surface area contributed by atoms with Crippen LogP contribution in [0.5, 0.6) is 0 Å². The molecule has 5 rings (SSSR count). The molecule has 0 unspecified atom stereocenters. The maximum absolute atomic E-state index is 15.4. The van der Waals surface area contributed by atoms with Crippen LogP contribution in [-0.2, 0) is 32.4 Å². The number of alkyl carbamates (subject to hydrolysis) is 1. The molecule has 2 heterocycles. The van der Waals surface area contributed by atoms with E-state index in [1.54, 1.807) is 30.3 Å². The zero-order valence-electron chi connectivity index (χ0n) is 26.4. The van der Waals surface area contributed by atoms with Crippen LogP contribution in [0.1, 0.15) is 34.6 Å². The summed E-state index contributed by atoms with van der Waals surface area (Å²) in [6.45, 7) is 1.01. The highest BCUT2D eigenvalue weighted by Gasteiger charge is 2.36. The summed E-state index contributed by atoms with van der Waals surface area (Å²) < 4.78 is 77.6. The number of nitrogens with one attached hydrogen (secondary N) is 2. The lowest BCUT2D eigenvalue weighted by Gasteiger charge is -2.35. The third kappa shape index (κ3) is 8.66. The summed E-state index contributed by atoms with van der Waals surface area (Å²) in [5.41, 5.74) is 0.828. The Labute approximate surface area is 287 Å². The van der Waals surface area contributed by atoms with E-state index in [0.29, 0.717) is 29.7 Å². The summed E-state index contributed by atoms with van der Waals surface area (Å²) in [6.07, 6.45) is 1.23. The maximum Gasteiger partial charge on any atom is 0.407 e. The highest BCUT2D eigenvalue weighted by molar-refractivity contribution is 7.89. The van der Waals surface area contributed by atoms with Crippen LogP contribution in [0.3, 0.4) is 0 Å². The second kappa shape index (κ2) is 15.9. The minimum absolute atomic E-state index is 0.0525. The number of nitrogens with zero attached hydrogens (tertiary/aromatic N) is 2.